The topological polar surface area (TPSA) is 6.48 Å². The first-order valence-electron chi connectivity index (χ1n) is 3.06. The molecule has 0 N–H and O–H groups in total. The molecule has 0 amide bonds. The summed E-state index contributed by atoms with van der Waals surface area (Å²) in [6.07, 6.45) is 0. The first-order chi connectivity index (χ1) is 4.63. The van der Waals surface area contributed by atoms with Gasteiger partial charge in [0.05, 0.1) is 0 Å². The van der Waals surface area contributed by atoms with Crippen molar-refractivity contribution in [3.05, 3.63) is 10.1 Å². The van der Waals surface area contributed by atoms with Gasteiger partial charge in [0, 0.05) is 28.2 Å². The second-order valence-corrected chi connectivity index (χ2v) is 4.97. The van der Waals surface area contributed by atoms with Crippen molar-refractivity contribution in [3.8, 4) is 0 Å². The molecule has 0 aromatic heterocycles. The molecule has 0 radical (unpaired) electrons. The summed E-state index contributed by atoms with van der Waals surface area (Å²) in [6, 6.07) is 0. The highest BCUT2D eigenvalue weighted by atomic mass is 33.2. The van der Waals surface area contributed by atoms with E-state index in [9.17, 15) is 0 Å². The molecule has 1 saturated heterocycles. The van der Waals surface area contributed by atoms with E-state index in [1.807, 2.05) is 21.6 Å². The number of nitrogens with zero attached hydrogens (tertiary/aromatic N) is 2. The lowest BCUT2D eigenvalue weighted by Gasteiger charge is -2.23. The first kappa shape index (κ1) is 8.14. The predicted octanol–water partition coefficient (Wildman–Crippen LogP) is 1.63. The minimum Gasteiger partial charge on any atom is -0.363 e. The molecule has 0 unspecified atom stereocenters. The number of rotatable bonds is 2. The van der Waals surface area contributed by atoms with E-state index in [0.717, 1.165) is 0 Å². The second kappa shape index (κ2) is 2.96. The minimum absolute atomic E-state index is 1.31. The van der Waals surface area contributed by atoms with Crippen LogP contribution < -0.4 is 0 Å². The molecule has 2 nitrogen and oxygen atoms in total. The Balaban J connectivity index is 2.70. The van der Waals surface area contributed by atoms with Crippen LogP contribution in [0.3, 0.4) is 0 Å². The van der Waals surface area contributed by atoms with Crippen LogP contribution in [0.1, 0.15) is 0 Å². The zero-order valence-electron chi connectivity index (χ0n) is 6.71. The summed E-state index contributed by atoms with van der Waals surface area (Å²) >= 11 is 0. The fourth-order valence-corrected chi connectivity index (χ4v) is 2.35. The van der Waals surface area contributed by atoms with Gasteiger partial charge in [0.25, 0.3) is 0 Å². The van der Waals surface area contributed by atoms with Gasteiger partial charge < -0.3 is 9.80 Å². The van der Waals surface area contributed by atoms with Gasteiger partial charge in [-0.15, -0.1) is 0 Å². The molecule has 0 aromatic rings. The van der Waals surface area contributed by atoms with E-state index >= 15 is 0 Å². The third kappa shape index (κ3) is 1.76. The lowest BCUT2D eigenvalue weighted by Crippen LogP contribution is -2.24. The number of hydrogen-bond acceptors (Lipinski definition) is 4. The van der Waals surface area contributed by atoms with E-state index in [4.69, 9.17) is 0 Å². The highest BCUT2D eigenvalue weighted by Gasteiger charge is 2.23. The zero-order valence-corrected chi connectivity index (χ0v) is 8.34. The van der Waals surface area contributed by atoms with Gasteiger partial charge in [0.2, 0.25) is 0 Å². The van der Waals surface area contributed by atoms with Crippen molar-refractivity contribution in [2.45, 2.75) is 0 Å². The fourth-order valence-electron chi connectivity index (χ4n) is 0.861. The molecule has 10 heavy (non-hydrogen) atoms. The quantitative estimate of drug-likeness (QED) is 0.466. The first-order valence-corrected chi connectivity index (χ1v) is 5.21. The highest BCUT2D eigenvalue weighted by molar-refractivity contribution is 8.96. The molecule has 1 fully saturated rings. The summed E-state index contributed by atoms with van der Waals surface area (Å²) in [4.78, 5) is 4.28. The van der Waals surface area contributed by atoms with Gasteiger partial charge in [-0.3, -0.25) is 0 Å². The zero-order chi connectivity index (χ0) is 7.72. The third-order valence-corrected chi connectivity index (χ3v) is 2.89. The molecule has 0 aromatic carbocycles. The van der Waals surface area contributed by atoms with Crippen molar-refractivity contribution in [1.82, 2.24) is 9.80 Å². The van der Waals surface area contributed by atoms with Gasteiger partial charge in [0.15, 0.2) is 0 Å². The van der Waals surface area contributed by atoms with Gasteiger partial charge >= 0.3 is 0 Å². The smallest absolute Gasteiger partial charge is 0.125 e. The van der Waals surface area contributed by atoms with Crippen molar-refractivity contribution in [3.63, 3.8) is 0 Å². The fraction of sp³-hybridized carbons (Fsp3) is 0.667. The molecule has 0 aliphatic carbocycles. The van der Waals surface area contributed by atoms with Crippen LogP contribution in [-0.2, 0) is 0 Å². The SMILES string of the molecule is CN(C)C(=C1SS1)N(C)C. The van der Waals surface area contributed by atoms with Gasteiger partial charge in [-0.05, 0) is 21.6 Å². The number of hydrogen-bond donors (Lipinski definition) is 0. The van der Waals surface area contributed by atoms with Crippen LogP contribution in [0.15, 0.2) is 10.1 Å². The molecular weight excluding hydrogens is 164 g/mol. The van der Waals surface area contributed by atoms with E-state index in [2.05, 4.69) is 38.0 Å². The molecule has 0 saturated carbocycles. The molecule has 58 valence electrons. The van der Waals surface area contributed by atoms with Crippen molar-refractivity contribution in [2.24, 2.45) is 0 Å². The molecule has 1 aliphatic rings. The summed E-state index contributed by atoms with van der Waals surface area (Å²) in [5.41, 5.74) is 0. The third-order valence-electron chi connectivity index (χ3n) is 1.20. The summed E-state index contributed by atoms with van der Waals surface area (Å²) in [5, 5.41) is 0. The normalized spacial score (nSPS) is 15.0. The average molecular weight is 176 g/mol. The highest BCUT2D eigenvalue weighted by Crippen LogP contribution is 2.60. The Morgan fingerprint density at radius 1 is 1.00 bits per heavy atom. The Kier molecular flexibility index (Phi) is 2.41. The van der Waals surface area contributed by atoms with Crippen molar-refractivity contribution < 1.29 is 0 Å². The Morgan fingerprint density at radius 2 is 1.40 bits per heavy atom. The summed E-state index contributed by atoms with van der Waals surface area (Å²) < 4.78 is 1.43. The molecule has 0 bridgehead atoms. The van der Waals surface area contributed by atoms with Crippen LogP contribution in [0.2, 0.25) is 0 Å². The van der Waals surface area contributed by atoms with E-state index in [1.165, 1.54) is 10.1 Å². The van der Waals surface area contributed by atoms with Crippen LogP contribution in [0, 0.1) is 0 Å². The Hall–Kier alpha value is 0.0400. The summed E-state index contributed by atoms with van der Waals surface area (Å²) in [7, 11) is 12.0. The Labute approximate surface area is 70.0 Å². The van der Waals surface area contributed by atoms with Crippen LogP contribution in [0.5, 0.6) is 0 Å². The van der Waals surface area contributed by atoms with Crippen LogP contribution >= 0.6 is 21.6 Å². The van der Waals surface area contributed by atoms with E-state index < -0.39 is 0 Å². The largest absolute Gasteiger partial charge is 0.363 e. The standard InChI is InChI=1S/C6H12N2S2/c1-7(2)5(8(3)4)6-9-10-6/h1-4H3. The van der Waals surface area contributed by atoms with Crippen LogP contribution in [-0.4, -0.2) is 38.0 Å². The molecule has 1 heterocycles. The minimum atomic E-state index is 1.31. The van der Waals surface area contributed by atoms with Crippen molar-refractivity contribution in [2.75, 3.05) is 28.2 Å². The van der Waals surface area contributed by atoms with E-state index in [-0.39, 0.29) is 0 Å². The van der Waals surface area contributed by atoms with Gasteiger partial charge in [0.1, 0.15) is 10.1 Å². The van der Waals surface area contributed by atoms with Crippen LogP contribution in [0.4, 0.5) is 0 Å². The monoisotopic (exact) mass is 176 g/mol. The van der Waals surface area contributed by atoms with E-state index in [0.29, 0.717) is 0 Å². The average Bonchev–Trinajstić information content (AvgIpc) is 2.46. The van der Waals surface area contributed by atoms with Gasteiger partial charge in [-0.2, -0.15) is 0 Å². The maximum atomic E-state index is 2.14. The van der Waals surface area contributed by atoms with Crippen LogP contribution in [0.25, 0.3) is 0 Å². The molecule has 1 aliphatic heterocycles. The maximum absolute atomic E-state index is 2.14. The lowest BCUT2D eigenvalue weighted by atomic mass is 10.6. The summed E-state index contributed by atoms with van der Waals surface area (Å²) in [6.45, 7) is 0. The van der Waals surface area contributed by atoms with Gasteiger partial charge in [-0.1, -0.05) is 0 Å². The Bertz CT molecular complexity index is 147. The maximum Gasteiger partial charge on any atom is 0.125 e. The lowest BCUT2D eigenvalue weighted by molar-refractivity contribution is 0.344. The van der Waals surface area contributed by atoms with Crippen molar-refractivity contribution in [1.29, 1.82) is 0 Å². The summed E-state index contributed by atoms with van der Waals surface area (Å²) in [5.74, 6) is 1.31. The Morgan fingerprint density at radius 3 is 1.50 bits per heavy atom. The molecule has 1 rings (SSSR count). The molecule has 0 spiro atoms. The van der Waals surface area contributed by atoms with Gasteiger partial charge in [-0.25, -0.2) is 0 Å². The molecule has 0 atom stereocenters. The molecular formula is C6H12N2S2. The molecule has 4 heteroatoms. The second-order valence-electron chi connectivity index (χ2n) is 2.57. The predicted molar refractivity (Wildman–Crippen MR) is 49.6 cm³/mol. The van der Waals surface area contributed by atoms with E-state index in [1.54, 1.807) is 0 Å². The van der Waals surface area contributed by atoms with Crippen molar-refractivity contribution >= 4 is 21.6 Å².